The molecule has 0 aliphatic rings. The van der Waals surface area contributed by atoms with Crippen LogP contribution in [0.15, 0.2) is 0 Å². The average Bonchev–Trinajstić information content (AvgIpc) is 2.42. The number of nitrogens with two attached hydrogens (primary N) is 1. The molecule has 0 aromatic carbocycles. The zero-order valence-electron chi connectivity index (χ0n) is 10.1. The Labute approximate surface area is 94.8 Å². The monoisotopic (exact) mass is 226 g/mol. The summed E-state index contributed by atoms with van der Waals surface area (Å²) in [4.78, 5) is 11.4. The van der Waals surface area contributed by atoms with Crippen LogP contribution in [0.4, 0.5) is 16.3 Å². The minimum Gasteiger partial charge on any atom is -0.449 e. The zero-order chi connectivity index (χ0) is 12.3. The van der Waals surface area contributed by atoms with Gasteiger partial charge in [0, 0.05) is 7.05 Å². The topological polar surface area (TPSA) is 82.2 Å². The molecule has 0 radical (unpaired) electrons. The van der Waals surface area contributed by atoms with E-state index >= 15 is 0 Å². The number of rotatable bonds is 3. The summed E-state index contributed by atoms with van der Waals surface area (Å²) in [5.41, 5.74) is 6.90. The average molecular weight is 226 g/mol. The molecule has 90 valence electrons. The van der Waals surface area contributed by atoms with E-state index in [1.165, 1.54) is 4.68 Å². The molecule has 3 N–H and O–H groups in total. The van der Waals surface area contributed by atoms with E-state index in [9.17, 15) is 4.79 Å². The van der Waals surface area contributed by atoms with Crippen molar-refractivity contribution in [1.29, 1.82) is 0 Å². The molecule has 0 unspecified atom stereocenters. The maximum Gasteiger partial charge on any atom is 0.412 e. The molecule has 0 spiro atoms. The number of carbonyl (C=O) groups excluding carboxylic acids is 1. The molecular weight excluding hydrogens is 208 g/mol. The van der Waals surface area contributed by atoms with Gasteiger partial charge in [0.1, 0.15) is 0 Å². The predicted octanol–water partition coefficient (Wildman–Crippen LogP) is 1.52. The smallest absolute Gasteiger partial charge is 0.412 e. The first-order valence-electron chi connectivity index (χ1n) is 5.14. The third kappa shape index (κ3) is 2.88. The summed E-state index contributed by atoms with van der Waals surface area (Å²) in [6.07, 6.45) is -0.511. The summed E-state index contributed by atoms with van der Waals surface area (Å²) in [5.74, 6) is 0.766. The number of amides is 1. The summed E-state index contributed by atoms with van der Waals surface area (Å²) < 4.78 is 6.50. The van der Waals surface area contributed by atoms with Crippen LogP contribution < -0.4 is 11.1 Å². The number of aromatic nitrogens is 2. The highest BCUT2D eigenvalue weighted by atomic mass is 16.5. The quantitative estimate of drug-likeness (QED) is 0.818. The van der Waals surface area contributed by atoms with Crippen LogP contribution in [0.5, 0.6) is 0 Å². The lowest BCUT2D eigenvalue weighted by Gasteiger charge is -2.09. The van der Waals surface area contributed by atoms with Gasteiger partial charge in [0.25, 0.3) is 0 Å². The summed E-state index contributed by atoms with van der Waals surface area (Å²) in [6, 6.07) is 0. The largest absolute Gasteiger partial charge is 0.449 e. The van der Waals surface area contributed by atoms with Crippen LogP contribution in [0.2, 0.25) is 0 Å². The first-order valence-corrected chi connectivity index (χ1v) is 5.14. The van der Waals surface area contributed by atoms with Gasteiger partial charge < -0.3 is 10.5 Å². The molecule has 6 nitrogen and oxygen atoms in total. The van der Waals surface area contributed by atoms with E-state index in [0.717, 1.165) is 0 Å². The van der Waals surface area contributed by atoms with E-state index < -0.39 is 6.09 Å². The Morgan fingerprint density at radius 3 is 2.69 bits per heavy atom. The maximum atomic E-state index is 11.4. The molecule has 1 rings (SSSR count). The minimum absolute atomic E-state index is 0.302. The van der Waals surface area contributed by atoms with E-state index in [1.54, 1.807) is 14.0 Å². The number of nitrogens with one attached hydrogen (secondary N) is 1. The molecule has 6 heteroatoms. The highest BCUT2D eigenvalue weighted by molar-refractivity contribution is 5.87. The van der Waals surface area contributed by atoms with Crippen molar-refractivity contribution in [2.45, 2.75) is 20.8 Å². The Hall–Kier alpha value is -1.72. The number of nitrogen functional groups attached to an aromatic ring is 1. The highest BCUT2D eigenvalue weighted by Crippen LogP contribution is 2.20. The van der Waals surface area contributed by atoms with Gasteiger partial charge in [-0.3, -0.25) is 10.00 Å². The van der Waals surface area contributed by atoms with Crippen LogP contribution in [0, 0.1) is 12.8 Å². The second-order valence-electron chi connectivity index (χ2n) is 4.09. The molecule has 0 atom stereocenters. The number of aryl methyl sites for hydroxylation is 2. The molecule has 0 bridgehead atoms. The molecule has 0 fully saturated rings. The number of hydrogen-bond acceptors (Lipinski definition) is 4. The highest BCUT2D eigenvalue weighted by Gasteiger charge is 2.13. The SMILES string of the molecule is Cc1nn(C)c(NC(=O)OCC(C)C)c1N. The van der Waals surface area contributed by atoms with Gasteiger partial charge in [-0.05, 0) is 12.8 Å². The van der Waals surface area contributed by atoms with Crippen molar-refractivity contribution in [3.8, 4) is 0 Å². The fraction of sp³-hybridized carbons (Fsp3) is 0.600. The lowest BCUT2D eigenvalue weighted by molar-refractivity contribution is 0.147. The predicted molar refractivity (Wildman–Crippen MR) is 62.2 cm³/mol. The first kappa shape index (κ1) is 12.4. The number of nitrogens with zero attached hydrogens (tertiary/aromatic N) is 2. The van der Waals surface area contributed by atoms with Crippen LogP contribution in [-0.2, 0) is 11.8 Å². The molecule has 1 heterocycles. The normalized spacial score (nSPS) is 10.6. The first-order chi connectivity index (χ1) is 7.41. The molecule has 1 amide bonds. The maximum absolute atomic E-state index is 11.4. The number of ether oxygens (including phenoxy) is 1. The third-order valence-corrected chi connectivity index (χ3v) is 2.04. The van der Waals surface area contributed by atoms with E-state index in [-0.39, 0.29) is 0 Å². The van der Waals surface area contributed by atoms with Crippen molar-refractivity contribution in [1.82, 2.24) is 9.78 Å². The summed E-state index contributed by atoms with van der Waals surface area (Å²) in [6.45, 7) is 6.09. The van der Waals surface area contributed by atoms with Crippen molar-refractivity contribution in [2.75, 3.05) is 17.7 Å². The summed E-state index contributed by atoms with van der Waals surface area (Å²) >= 11 is 0. The van der Waals surface area contributed by atoms with E-state index in [2.05, 4.69) is 10.4 Å². The van der Waals surface area contributed by atoms with Crippen LogP contribution >= 0.6 is 0 Å². The number of hydrogen-bond donors (Lipinski definition) is 2. The van der Waals surface area contributed by atoms with Gasteiger partial charge in [-0.2, -0.15) is 5.10 Å². The second kappa shape index (κ2) is 4.87. The lowest BCUT2D eigenvalue weighted by atomic mass is 10.2. The molecular formula is C10H18N4O2. The van der Waals surface area contributed by atoms with Crippen molar-refractivity contribution in [3.05, 3.63) is 5.69 Å². The minimum atomic E-state index is -0.511. The Bertz CT molecular complexity index is 384. The van der Waals surface area contributed by atoms with Crippen molar-refractivity contribution >= 4 is 17.6 Å². The van der Waals surface area contributed by atoms with Crippen molar-refractivity contribution in [3.63, 3.8) is 0 Å². The van der Waals surface area contributed by atoms with Crippen LogP contribution in [0.25, 0.3) is 0 Å². The van der Waals surface area contributed by atoms with Gasteiger partial charge in [0.2, 0.25) is 0 Å². The van der Waals surface area contributed by atoms with Gasteiger partial charge in [-0.25, -0.2) is 4.79 Å². The van der Waals surface area contributed by atoms with Crippen LogP contribution in [0.1, 0.15) is 19.5 Å². The fourth-order valence-corrected chi connectivity index (χ4v) is 1.20. The fourth-order valence-electron chi connectivity index (χ4n) is 1.20. The van der Waals surface area contributed by atoms with Crippen molar-refractivity contribution < 1.29 is 9.53 Å². The summed E-state index contributed by atoms with van der Waals surface area (Å²) in [5, 5.41) is 6.65. The van der Waals surface area contributed by atoms with Gasteiger partial charge in [-0.1, -0.05) is 13.8 Å². The Kier molecular flexibility index (Phi) is 3.76. The Morgan fingerprint density at radius 2 is 2.25 bits per heavy atom. The standard InChI is InChI=1S/C10H18N4O2/c1-6(2)5-16-10(15)12-9-8(11)7(3)13-14(9)4/h6H,5,11H2,1-4H3,(H,12,15). The van der Waals surface area contributed by atoms with Gasteiger partial charge in [0.05, 0.1) is 18.0 Å². The van der Waals surface area contributed by atoms with Gasteiger partial charge in [-0.15, -0.1) is 0 Å². The molecule has 0 saturated heterocycles. The van der Waals surface area contributed by atoms with Crippen molar-refractivity contribution in [2.24, 2.45) is 13.0 Å². The molecule has 0 saturated carbocycles. The third-order valence-electron chi connectivity index (χ3n) is 2.04. The molecule has 0 aliphatic heterocycles. The summed E-state index contributed by atoms with van der Waals surface area (Å²) in [7, 11) is 1.71. The molecule has 1 aromatic rings. The molecule has 16 heavy (non-hydrogen) atoms. The van der Waals surface area contributed by atoms with E-state index in [4.69, 9.17) is 10.5 Å². The Balaban J connectivity index is 2.63. The van der Waals surface area contributed by atoms with Crippen LogP contribution in [0.3, 0.4) is 0 Å². The van der Waals surface area contributed by atoms with E-state index in [0.29, 0.717) is 29.7 Å². The zero-order valence-corrected chi connectivity index (χ0v) is 10.1. The van der Waals surface area contributed by atoms with Gasteiger partial charge >= 0.3 is 6.09 Å². The van der Waals surface area contributed by atoms with E-state index in [1.807, 2.05) is 13.8 Å². The Morgan fingerprint density at radius 1 is 1.62 bits per heavy atom. The molecule has 0 aliphatic carbocycles. The second-order valence-corrected chi connectivity index (χ2v) is 4.09. The number of carbonyl (C=O) groups is 1. The van der Waals surface area contributed by atoms with Crippen LogP contribution in [-0.4, -0.2) is 22.5 Å². The van der Waals surface area contributed by atoms with Gasteiger partial charge in [0.15, 0.2) is 5.82 Å². The lowest BCUT2D eigenvalue weighted by Crippen LogP contribution is -2.19. The molecule has 1 aromatic heterocycles. The number of anilines is 2.